The summed E-state index contributed by atoms with van der Waals surface area (Å²) < 4.78 is 6.16. The standard InChI is InChI=1S/C25H26ClNO2S/c1-17(25(2,3)28)13-19(15-27)24-21(11-12-30-24)22-14-20(26)9-10-23(22)29-16-18-7-5-4-6-8-18/h4-15,28H,16,27H2,1-3H3/p+1/b17-13+,19-15+. The van der Waals surface area contributed by atoms with E-state index in [-0.39, 0.29) is 0 Å². The minimum absolute atomic E-state index is 0.477. The number of quaternary nitrogens is 1. The van der Waals surface area contributed by atoms with Gasteiger partial charge in [-0.25, -0.2) is 0 Å². The lowest BCUT2D eigenvalue weighted by molar-refractivity contribution is -0.273. The van der Waals surface area contributed by atoms with Crippen molar-refractivity contribution in [3.05, 3.63) is 93.3 Å². The van der Waals surface area contributed by atoms with Crippen LogP contribution < -0.4 is 10.5 Å². The molecule has 0 unspecified atom stereocenters. The van der Waals surface area contributed by atoms with Crippen molar-refractivity contribution in [1.29, 1.82) is 0 Å². The first-order valence-electron chi connectivity index (χ1n) is 9.74. The highest BCUT2D eigenvalue weighted by Crippen LogP contribution is 2.40. The number of hydrogen-bond acceptors (Lipinski definition) is 3. The van der Waals surface area contributed by atoms with Gasteiger partial charge < -0.3 is 15.6 Å². The molecule has 3 aromatic rings. The zero-order valence-electron chi connectivity index (χ0n) is 17.5. The summed E-state index contributed by atoms with van der Waals surface area (Å²) in [6, 6.07) is 17.8. The second-order valence-corrected chi connectivity index (χ2v) is 8.98. The molecule has 0 fully saturated rings. The molecule has 0 aliphatic carbocycles. The number of ether oxygens (including phenoxy) is 1. The van der Waals surface area contributed by atoms with Crippen molar-refractivity contribution in [3.63, 3.8) is 0 Å². The van der Waals surface area contributed by atoms with Crippen LogP contribution in [0, 0.1) is 0 Å². The fourth-order valence-electron chi connectivity index (χ4n) is 2.95. The third kappa shape index (κ3) is 5.41. The first-order chi connectivity index (χ1) is 14.3. The molecule has 0 saturated heterocycles. The van der Waals surface area contributed by atoms with Crippen molar-refractivity contribution < 1.29 is 15.6 Å². The lowest BCUT2D eigenvalue weighted by Crippen LogP contribution is -2.39. The third-order valence-electron chi connectivity index (χ3n) is 4.95. The summed E-state index contributed by atoms with van der Waals surface area (Å²) in [7, 11) is 0. The molecule has 1 aromatic heterocycles. The summed E-state index contributed by atoms with van der Waals surface area (Å²) in [5.41, 5.74) is 7.97. The van der Waals surface area contributed by atoms with Crippen LogP contribution >= 0.6 is 22.9 Å². The highest BCUT2D eigenvalue weighted by atomic mass is 35.5. The van der Waals surface area contributed by atoms with Gasteiger partial charge in [0.1, 0.15) is 12.4 Å². The van der Waals surface area contributed by atoms with Gasteiger partial charge in [-0.2, -0.15) is 0 Å². The fraction of sp³-hybridized carbons (Fsp3) is 0.200. The van der Waals surface area contributed by atoms with E-state index in [1.165, 1.54) is 0 Å². The number of aliphatic hydroxyl groups is 1. The van der Waals surface area contributed by atoms with Crippen molar-refractivity contribution in [2.24, 2.45) is 0 Å². The molecule has 0 saturated carbocycles. The maximum absolute atomic E-state index is 10.3. The first-order valence-corrected chi connectivity index (χ1v) is 11.0. The third-order valence-corrected chi connectivity index (χ3v) is 6.15. The monoisotopic (exact) mass is 440 g/mol. The highest BCUT2D eigenvalue weighted by molar-refractivity contribution is 7.11. The van der Waals surface area contributed by atoms with Crippen LogP contribution in [0.25, 0.3) is 16.7 Å². The maximum Gasteiger partial charge on any atom is 0.127 e. The molecule has 5 heteroatoms. The van der Waals surface area contributed by atoms with Gasteiger partial charge in [-0.3, -0.25) is 0 Å². The van der Waals surface area contributed by atoms with E-state index in [4.69, 9.17) is 16.3 Å². The first kappa shape index (κ1) is 22.3. The van der Waals surface area contributed by atoms with E-state index in [9.17, 15) is 5.11 Å². The fourth-order valence-corrected chi connectivity index (χ4v) is 4.04. The van der Waals surface area contributed by atoms with Crippen molar-refractivity contribution in [2.75, 3.05) is 0 Å². The molecule has 4 N–H and O–H groups in total. The molecule has 156 valence electrons. The second-order valence-electron chi connectivity index (χ2n) is 7.62. The molecule has 0 amide bonds. The zero-order valence-corrected chi connectivity index (χ0v) is 19.1. The van der Waals surface area contributed by atoms with Gasteiger partial charge in [0, 0.05) is 26.6 Å². The molecular weight excluding hydrogens is 414 g/mol. The van der Waals surface area contributed by atoms with Gasteiger partial charge >= 0.3 is 0 Å². The van der Waals surface area contributed by atoms with Crippen LogP contribution in [0.15, 0.2) is 77.8 Å². The molecule has 3 rings (SSSR count). The van der Waals surface area contributed by atoms with Crippen molar-refractivity contribution in [3.8, 4) is 16.9 Å². The molecule has 3 nitrogen and oxygen atoms in total. The Labute approximate surface area is 187 Å². The topological polar surface area (TPSA) is 57.1 Å². The summed E-state index contributed by atoms with van der Waals surface area (Å²) in [5, 5.41) is 13.0. The Morgan fingerprint density at radius 3 is 2.53 bits per heavy atom. The Bertz CT molecular complexity index is 1060. The van der Waals surface area contributed by atoms with Crippen LogP contribution in [0.1, 0.15) is 31.2 Å². The summed E-state index contributed by atoms with van der Waals surface area (Å²) in [6.45, 7) is 5.96. The predicted molar refractivity (Wildman–Crippen MR) is 126 cm³/mol. The van der Waals surface area contributed by atoms with E-state index in [0.717, 1.165) is 38.5 Å². The molecule has 30 heavy (non-hydrogen) atoms. The largest absolute Gasteiger partial charge is 0.488 e. The molecule has 2 aromatic carbocycles. The molecule has 0 aliphatic rings. The van der Waals surface area contributed by atoms with Crippen LogP contribution in [0.4, 0.5) is 0 Å². The van der Waals surface area contributed by atoms with E-state index in [1.807, 2.05) is 73.1 Å². The molecule has 0 bridgehead atoms. The van der Waals surface area contributed by atoms with E-state index in [2.05, 4.69) is 11.8 Å². The Morgan fingerprint density at radius 2 is 1.87 bits per heavy atom. The van der Waals surface area contributed by atoms with E-state index in [0.29, 0.717) is 11.6 Å². The Balaban J connectivity index is 1.99. The second kappa shape index (κ2) is 9.63. The van der Waals surface area contributed by atoms with Crippen LogP contribution in [-0.2, 0) is 6.61 Å². The quantitative estimate of drug-likeness (QED) is 0.446. The number of allylic oxidation sites excluding steroid dienone is 2. The van der Waals surface area contributed by atoms with Gasteiger partial charge in [-0.05, 0) is 67.6 Å². The van der Waals surface area contributed by atoms with E-state index >= 15 is 0 Å². The molecule has 1 heterocycles. The average molecular weight is 441 g/mol. The molecule has 0 radical (unpaired) electrons. The number of hydrogen-bond donors (Lipinski definition) is 2. The summed E-state index contributed by atoms with van der Waals surface area (Å²) >= 11 is 7.96. The molecule has 0 spiro atoms. The number of rotatable bonds is 7. The van der Waals surface area contributed by atoms with Crippen LogP contribution in [0.5, 0.6) is 5.75 Å². The summed E-state index contributed by atoms with van der Waals surface area (Å²) in [4.78, 5) is 1.06. The van der Waals surface area contributed by atoms with Gasteiger partial charge in [0.15, 0.2) is 0 Å². The van der Waals surface area contributed by atoms with Gasteiger partial charge in [-0.1, -0.05) is 41.9 Å². The molecular formula is C25H27ClNO2S+. The lowest BCUT2D eigenvalue weighted by Gasteiger charge is -2.19. The van der Waals surface area contributed by atoms with E-state index in [1.54, 1.807) is 25.2 Å². The minimum atomic E-state index is -0.897. The van der Waals surface area contributed by atoms with E-state index < -0.39 is 5.60 Å². The van der Waals surface area contributed by atoms with Crippen LogP contribution in [-0.4, -0.2) is 10.7 Å². The molecule has 0 atom stereocenters. The van der Waals surface area contributed by atoms with Crippen molar-refractivity contribution in [2.45, 2.75) is 33.0 Å². The van der Waals surface area contributed by atoms with Crippen LogP contribution in [0.2, 0.25) is 5.02 Å². The average Bonchev–Trinajstić information content (AvgIpc) is 3.20. The van der Waals surface area contributed by atoms with Crippen LogP contribution in [0.3, 0.4) is 0 Å². The van der Waals surface area contributed by atoms with Gasteiger partial charge in [0.05, 0.1) is 11.8 Å². The minimum Gasteiger partial charge on any atom is -0.488 e. The van der Waals surface area contributed by atoms with Crippen molar-refractivity contribution >= 4 is 28.5 Å². The maximum atomic E-state index is 10.3. The summed E-state index contributed by atoms with van der Waals surface area (Å²) in [6.07, 6.45) is 3.80. The van der Waals surface area contributed by atoms with Gasteiger partial charge in [0.2, 0.25) is 0 Å². The Morgan fingerprint density at radius 1 is 1.13 bits per heavy atom. The lowest BCUT2D eigenvalue weighted by atomic mass is 9.95. The number of halogens is 1. The van der Waals surface area contributed by atoms with Gasteiger partial charge in [-0.15, -0.1) is 11.3 Å². The smallest absolute Gasteiger partial charge is 0.127 e. The summed E-state index contributed by atoms with van der Waals surface area (Å²) in [5.74, 6) is 0.773. The number of benzene rings is 2. The highest BCUT2D eigenvalue weighted by Gasteiger charge is 2.19. The predicted octanol–water partition coefficient (Wildman–Crippen LogP) is 5.95. The Kier molecular flexibility index (Phi) is 7.16. The SMILES string of the molecule is C/C(=C\C(=C/[NH3+])c1sccc1-c1cc(Cl)ccc1OCc1ccccc1)C(C)(C)O. The molecule has 0 aliphatic heterocycles. The van der Waals surface area contributed by atoms with Crippen molar-refractivity contribution in [1.82, 2.24) is 0 Å². The Hall–Kier alpha value is -2.37. The normalized spacial score (nSPS) is 12.9. The van der Waals surface area contributed by atoms with Gasteiger partial charge in [0.25, 0.3) is 0 Å². The zero-order chi connectivity index (χ0) is 21.7. The number of thiophene rings is 1.